The molecule has 0 saturated carbocycles. The normalized spacial score (nSPS) is 10.7. The molecule has 27 heavy (non-hydrogen) atoms. The number of carbonyl (C=O) groups excluding carboxylic acids is 2. The fraction of sp³-hybridized carbons (Fsp3) is 0.150. The molecular formula is C20H18ClN3O3. The molecule has 0 fully saturated rings. The minimum atomic E-state index is -0.577. The van der Waals surface area contributed by atoms with Crippen LogP contribution in [-0.2, 0) is 9.53 Å². The summed E-state index contributed by atoms with van der Waals surface area (Å²) in [5.41, 5.74) is 2.30. The first kappa shape index (κ1) is 20.0. The Balaban J connectivity index is 2.05. The number of anilines is 2. The largest absolute Gasteiger partial charge is 0.462 e. The molecule has 0 unspecified atom stereocenters. The number of nitrogens with one attached hydrogen (secondary N) is 2. The average Bonchev–Trinajstić information content (AvgIpc) is 2.66. The summed E-state index contributed by atoms with van der Waals surface area (Å²) in [5.74, 6) is -1.01. The van der Waals surface area contributed by atoms with Crippen LogP contribution in [0.5, 0.6) is 0 Å². The zero-order valence-corrected chi connectivity index (χ0v) is 15.6. The van der Waals surface area contributed by atoms with E-state index in [1.807, 2.05) is 19.1 Å². The third-order valence-corrected chi connectivity index (χ3v) is 3.98. The van der Waals surface area contributed by atoms with Gasteiger partial charge in [-0.1, -0.05) is 17.7 Å². The predicted octanol–water partition coefficient (Wildman–Crippen LogP) is 4.28. The van der Waals surface area contributed by atoms with Crippen LogP contribution in [0.15, 0.2) is 54.2 Å². The number of amides is 1. The molecule has 138 valence electrons. The summed E-state index contributed by atoms with van der Waals surface area (Å²) in [6, 6.07) is 13.4. The number of rotatable bonds is 6. The lowest BCUT2D eigenvalue weighted by molar-refractivity contribution is -0.112. The van der Waals surface area contributed by atoms with Crippen LogP contribution < -0.4 is 10.6 Å². The third kappa shape index (κ3) is 5.59. The lowest BCUT2D eigenvalue weighted by Crippen LogP contribution is -2.14. The SMILES string of the molecule is CCOC(=O)c1ccc(NC(=O)/C(C#N)=C\Nc2ccc(C)c(Cl)c2)cc1. The lowest BCUT2D eigenvalue weighted by Gasteiger charge is -2.07. The quantitative estimate of drug-likeness (QED) is 0.441. The van der Waals surface area contributed by atoms with E-state index >= 15 is 0 Å². The van der Waals surface area contributed by atoms with Crippen LogP contribution in [0, 0.1) is 18.3 Å². The fourth-order valence-corrected chi connectivity index (χ4v) is 2.27. The number of nitriles is 1. The number of carbonyl (C=O) groups is 2. The third-order valence-electron chi connectivity index (χ3n) is 3.57. The lowest BCUT2D eigenvalue weighted by atomic mass is 10.2. The van der Waals surface area contributed by atoms with Gasteiger partial charge in [-0.15, -0.1) is 0 Å². The number of halogens is 1. The van der Waals surface area contributed by atoms with E-state index < -0.39 is 11.9 Å². The van der Waals surface area contributed by atoms with E-state index in [0.717, 1.165) is 5.56 Å². The molecule has 0 bridgehead atoms. The molecule has 2 N–H and O–H groups in total. The number of hydrogen-bond donors (Lipinski definition) is 2. The molecule has 0 aliphatic heterocycles. The molecule has 0 atom stereocenters. The summed E-state index contributed by atoms with van der Waals surface area (Å²) in [7, 11) is 0. The van der Waals surface area contributed by atoms with E-state index in [2.05, 4.69) is 10.6 Å². The highest BCUT2D eigenvalue weighted by molar-refractivity contribution is 6.31. The second kappa shape index (κ2) is 9.41. The highest BCUT2D eigenvalue weighted by Crippen LogP contribution is 2.20. The van der Waals surface area contributed by atoms with E-state index in [1.165, 1.54) is 18.3 Å². The van der Waals surface area contributed by atoms with E-state index in [9.17, 15) is 14.9 Å². The maximum Gasteiger partial charge on any atom is 0.338 e. The summed E-state index contributed by atoms with van der Waals surface area (Å²) >= 11 is 6.05. The molecule has 6 nitrogen and oxygen atoms in total. The van der Waals surface area contributed by atoms with Gasteiger partial charge < -0.3 is 15.4 Å². The van der Waals surface area contributed by atoms with Gasteiger partial charge in [0, 0.05) is 22.6 Å². The zero-order chi connectivity index (χ0) is 19.8. The van der Waals surface area contributed by atoms with Gasteiger partial charge in [0.25, 0.3) is 5.91 Å². The highest BCUT2D eigenvalue weighted by Gasteiger charge is 2.11. The van der Waals surface area contributed by atoms with Crippen LogP contribution in [0.4, 0.5) is 11.4 Å². The van der Waals surface area contributed by atoms with E-state index in [0.29, 0.717) is 22.0 Å². The Bertz CT molecular complexity index is 915. The van der Waals surface area contributed by atoms with Crippen molar-refractivity contribution < 1.29 is 14.3 Å². The van der Waals surface area contributed by atoms with Crippen LogP contribution in [0.2, 0.25) is 5.02 Å². The van der Waals surface area contributed by atoms with Crippen molar-refractivity contribution in [2.24, 2.45) is 0 Å². The summed E-state index contributed by atoms with van der Waals surface area (Å²) in [6.07, 6.45) is 1.31. The summed E-state index contributed by atoms with van der Waals surface area (Å²) in [6.45, 7) is 3.89. The molecule has 0 aromatic heterocycles. The van der Waals surface area contributed by atoms with Gasteiger partial charge in [-0.3, -0.25) is 4.79 Å². The summed E-state index contributed by atoms with van der Waals surface area (Å²) in [5, 5.41) is 15.3. The van der Waals surface area contributed by atoms with Crippen LogP contribution in [0.25, 0.3) is 0 Å². The maximum absolute atomic E-state index is 12.2. The number of ether oxygens (including phenoxy) is 1. The molecule has 2 aromatic rings. The van der Waals surface area contributed by atoms with Gasteiger partial charge in [0.05, 0.1) is 12.2 Å². The van der Waals surface area contributed by atoms with Crippen molar-refractivity contribution in [2.75, 3.05) is 17.2 Å². The molecule has 0 aliphatic carbocycles. The van der Waals surface area contributed by atoms with Gasteiger partial charge in [-0.25, -0.2) is 4.79 Å². The Morgan fingerprint density at radius 2 is 1.85 bits per heavy atom. The maximum atomic E-state index is 12.2. The van der Waals surface area contributed by atoms with Gasteiger partial charge in [0.2, 0.25) is 0 Å². The summed E-state index contributed by atoms with van der Waals surface area (Å²) in [4.78, 5) is 23.9. The second-order valence-corrected chi connectivity index (χ2v) is 5.94. The predicted molar refractivity (Wildman–Crippen MR) is 105 cm³/mol. The molecule has 1 amide bonds. The number of benzene rings is 2. The van der Waals surface area contributed by atoms with Crippen LogP contribution in [0.1, 0.15) is 22.8 Å². The van der Waals surface area contributed by atoms with Crippen molar-refractivity contribution in [3.05, 3.63) is 70.4 Å². The molecule has 0 radical (unpaired) electrons. The minimum absolute atomic E-state index is 0.110. The summed E-state index contributed by atoms with van der Waals surface area (Å²) < 4.78 is 4.90. The first-order chi connectivity index (χ1) is 12.9. The van der Waals surface area contributed by atoms with Crippen molar-refractivity contribution in [1.82, 2.24) is 0 Å². The van der Waals surface area contributed by atoms with Gasteiger partial charge >= 0.3 is 5.97 Å². The smallest absolute Gasteiger partial charge is 0.338 e. The van der Waals surface area contributed by atoms with Gasteiger partial charge in [0.1, 0.15) is 11.6 Å². The molecule has 0 heterocycles. The molecule has 0 saturated heterocycles. The van der Waals surface area contributed by atoms with Crippen LogP contribution >= 0.6 is 11.6 Å². The fourth-order valence-electron chi connectivity index (χ4n) is 2.09. The van der Waals surface area contributed by atoms with Crippen molar-refractivity contribution >= 4 is 34.9 Å². The topological polar surface area (TPSA) is 91.2 Å². The Hall–Kier alpha value is -3.30. The molecule has 0 aliphatic rings. The number of esters is 1. The Morgan fingerprint density at radius 3 is 2.44 bits per heavy atom. The van der Waals surface area contributed by atoms with E-state index in [4.69, 9.17) is 16.3 Å². The Kier molecular flexibility index (Phi) is 6.98. The molecule has 2 rings (SSSR count). The van der Waals surface area contributed by atoms with Crippen molar-refractivity contribution in [3.63, 3.8) is 0 Å². The van der Waals surface area contributed by atoms with Gasteiger partial charge in [-0.2, -0.15) is 5.26 Å². The molecule has 7 heteroatoms. The molecule has 2 aromatic carbocycles. The first-order valence-corrected chi connectivity index (χ1v) is 8.54. The van der Waals surface area contributed by atoms with Gasteiger partial charge in [0.15, 0.2) is 0 Å². The number of hydrogen-bond acceptors (Lipinski definition) is 5. The minimum Gasteiger partial charge on any atom is -0.462 e. The molecule has 0 spiro atoms. The Labute approximate surface area is 162 Å². The van der Waals surface area contributed by atoms with E-state index in [-0.39, 0.29) is 12.2 Å². The monoisotopic (exact) mass is 383 g/mol. The van der Waals surface area contributed by atoms with Crippen molar-refractivity contribution in [1.29, 1.82) is 5.26 Å². The molecular weight excluding hydrogens is 366 g/mol. The van der Waals surface area contributed by atoms with Gasteiger partial charge in [-0.05, 0) is 55.8 Å². The number of aryl methyl sites for hydroxylation is 1. The average molecular weight is 384 g/mol. The number of nitrogens with zero attached hydrogens (tertiary/aromatic N) is 1. The van der Waals surface area contributed by atoms with Crippen LogP contribution in [-0.4, -0.2) is 18.5 Å². The van der Waals surface area contributed by atoms with Crippen molar-refractivity contribution in [3.8, 4) is 6.07 Å². The first-order valence-electron chi connectivity index (χ1n) is 8.16. The standard InChI is InChI=1S/C20H18ClN3O3/c1-3-27-20(26)14-5-8-16(9-6-14)24-19(25)15(11-22)12-23-17-7-4-13(2)18(21)10-17/h4-10,12,23H,3H2,1-2H3,(H,24,25)/b15-12-. The van der Waals surface area contributed by atoms with E-state index in [1.54, 1.807) is 31.2 Å². The van der Waals surface area contributed by atoms with Crippen molar-refractivity contribution in [2.45, 2.75) is 13.8 Å². The van der Waals surface area contributed by atoms with Crippen LogP contribution in [0.3, 0.4) is 0 Å². The zero-order valence-electron chi connectivity index (χ0n) is 14.9. The highest BCUT2D eigenvalue weighted by atomic mass is 35.5. The Morgan fingerprint density at radius 1 is 1.19 bits per heavy atom. The second-order valence-electron chi connectivity index (χ2n) is 5.53.